The molecule has 0 amide bonds. The minimum Gasteiger partial charge on any atom is -0.512 e. The number of ketones is 1. The average Bonchev–Trinajstić information content (AvgIpc) is 2.79. The van der Waals surface area contributed by atoms with Gasteiger partial charge in [-0.1, -0.05) is 18.9 Å². The highest BCUT2D eigenvalue weighted by Gasteiger charge is 2.42. The molecule has 2 aromatic rings. The molecular weight excluding hydrogens is 445 g/mol. The van der Waals surface area contributed by atoms with Gasteiger partial charge in [0.15, 0.2) is 5.78 Å². The fraction of sp³-hybridized carbons (Fsp3) is 0.370. The zero-order valence-corrected chi connectivity index (χ0v) is 18.8. The molecule has 1 aliphatic heterocycles. The van der Waals surface area contributed by atoms with Crippen molar-refractivity contribution in [2.24, 2.45) is 5.41 Å². The molecule has 1 aliphatic carbocycles. The largest absolute Gasteiger partial charge is 0.512 e. The highest BCUT2D eigenvalue weighted by molar-refractivity contribution is 6.22. The second-order valence-corrected chi connectivity index (χ2v) is 8.84. The number of benzene rings is 2. The Morgan fingerprint density at radius 2 is 1.88 bits per heavy atom. The van der Waals surface area contributed by atoms with Crippen LogP contribution in [0.2, 0.25) is 0 Å². The molecule has 0 atom stereocenters. The summed E-state index contributed by atoms with van der Waals surface area (Å²) < 4.78 is 51.8. The van der Waals surface area contributed by atoms with Crippen LogP contribution in [0.4, 0.5) is 13.2 Å². The first-order chi connectivity index (χ1) is 16.2. The lowest BCUT2D eigenvalue weighted by Gasteiger charge is -2.39. The van der Waals surface area contributed by atoms with Crippen LogP contribution in [0.3, 0.4) is 0 Å². The second kappa shape index (κ2) is 9.19. The summed E-state index contributed by atoms with van der Waals surface area (Å²) in [5.74, 6) is 1.77. The van der Waals surface area contributed by atoms with E-state index in [0.717, 1.165) is 11.6 Å². The van der Waals surface area contributed by atoms with Crippen molar-refractivity contribution in [1.82, 2.24) is 0 Å². The molecule has 0 radical (unpaired) electrons. The van der Waals surface area contributed by atoms with Gasteiger partial charge in [0.25, 0.3) is 0 Å². The maximum Gasteiger partial charge on any atom is 0.420 e. The Labute approximate surface area is 196 Å². The fourth-order valence-corrected chi connectivity index (χ4v) is 4.78. The monoisotopic (exact) mass is 470 g/mol. The van der Waals surface area contributed by atoms with E-state index in [-0.39, 0.29) is 33.8 Å². The molecule has 34 heavy (non-hydrogen) atoms. The second-order valence-electron chi connectivity index (χ2n) is 8.84. The number of aliphatic hydroxyl groups excluding tert-OH is 1. The molecule has 1 saturated heterocycles. The number of hydrogen-bond acceptors (Lipinski definition) is 4. The van der Waals surface area contributed by atoms with Gasteiger partial charge in [-0.25, -0.2) is 0 Å². The molecule has 0 bridgehead atoms. The van der Waals surface area contributed by atoms with E-state index in [2.05, 4.69) is 5.92 Å². The molecule has 1 spiro atoms. The molecule has 2 aromatic carbocycles. The van der Waals surface area contributed by atoms with Crippen molar-refractivity contribution in [2.75, 3.05) is 13.2 Å². The number of alkyl halides is 3. The van der Waals surface area contributed by atoms with Gasteiger partial charge in [-0.2, -0.15) is 13.2 Å². The molecule has 4 rings (SSSR count). The van der Waals surface area contributed by atoms with E-state index in [0.29, 0.717) is 50.9 Å². The third-order valence-corrected chi connectivity index (χ3v) is 6.61. The minimum atomic E-state index is -4.66. The lowest BCUT2D eigenvalue weighted by molar-refractivity contribution is -0.138. The minimum absolute atomic E-state index is 0.0133. The van der Waals surface area contributed by atoms with Crippen molar-refractivity contribution >= 4 is 11.4 Å². The smallest absolute Gasteiger partial charge is 0.420 e. The van der Waals surface area contributed by atoms with Gasteiger partial charge >= 0.3 is 6.18 Å². The fourth-order valence-electron chi connectivity index (χ4n) is 4.78. The van der Waals surface area contributed by atoms with Crippen molar-refractivity contribution in [3.63, 3.8) is 0 Å². The van der Waals surface area contributed by atoms with Gasteiger partial charge in [-0.05, 0) is 66.1 Å². The summed E-state index contributed by atoms with van der Waals surface area (Å²) in [7, 11) is 0. The van der Waals surface area contributed by atoms with Crippen LogP contribution in [0.25, 0.3) is 5.57 Å². The van der Waals surface area contributed by atoms with E-state index < -0.39 is 17.5 Å². The number of halogens is 3. The summed E-state index contributed by atoms with van der Waals surface area (Å²) in [5, 5.41) is 10.9. The van der Waals surface area contributed by atoms with Crippen LogP contribution in [0, 0.1) is 17.8 Å². The molecule has 7 heteroatoms. The van der Waals surface area contributed by atoms with Gasteiger partial charge in [0, 0.05) is 31.6 Å². The molecule has 2 aliphatic rings. The van der Waals surface area contributed by atoms with E-state index in [1.807, 2.05) is 6.92 Å². The highest BCUT2D eigenvalue weighted by atomic mass is 19.4. The maximum absolute atomic E-state index is 13.6. The van der Waals surface area contributed by atoms with Crippen LogP contribution in [0.5, 0.6) is 11.5 Å². The SMILES string of the molecule is C#Cc1ccc(Oc2ccc(CC)c(C3=C(O)CC4(CCOCC4)CC3=O)c2)c(C(F)(F)F)c1. The normalized spacial score (nSPS) is 18.1. The number of allylic oxidation sites excluding steroid dienone is 2. The summed E-state index contributed by atoms with van der Waals surface area (Å²) in [6.45, 7) is 3.02. The van der Waals surface area contributed by atoms with Crippen LogP contribution in [0.1, 0.15) is 54.9 Å². The summed E-state index contributed by atoms with van der Waals surface area (Å²) in [5.41, 5.74) is 0.303. The van der Waals surface area contributed by atoms with Gasteiger partial charge in [0.05, 0.1) is 11.1 Å². The Balaban J connectivity index is 1.72. The third kappa shape index (κ3) is 4.69. The standard InChI is InChI=1S/C27H25F3O4/c1-3-17-5-8-24(21(13-17)27(28,29)30)34-19-7-6-18(4-2)20(14-19)25-22(31)15-26(16-23(25)32)9-11-33-12-10-26/h1,5-8,13-14,31H,4,9-12,15-16H2,2H3. The molecule has 0 aromatic heterocycles. The van der Waals surface area contributed by atoms with Gasteiger partial charge in [-0.3, -0.25) is 4.79 Å². The highest BCUT2D eigenvalue weighted by Crippen LogP contribution is 2.47. The van der Waals surface area contributed by atoms with E-state index in [9.17, 15) is 23.1 Å². The van der Waals surface area contributed by atoms with Gasteiger partial charge in [-0.15, -0.1) is 6.42 Å². The summed E-state index contributed by atoms with van der Waals surface area (Å²) in [6.07, 6.45) is 3.24. The van der Waals surface area contributed by atoms with Crippen LogP contribution < -0.4 is 4.74 Å². The summed E-state index contributed by atoms with van der Waals surface area (Å²) >= 11 is 0. The van der Waals surface area contributed by atoms with Crippen LogP contribution >= 0.6 is 0 Å². The number of aryl methyl sites for hydroxylation is 1. The molecule has 178 valence electrons. The van der Waals surface area contributed by atoms with Crippen molar-refractivity contribution in [2.45, 2.75) is 45.2 Å². The molecule has 0 saturated carbocycles. The van der Waals surface area contributed by atoms with Crippen molar-refractivity contribution in [3.8, 4) is 23.8 Å². The lowest BCUT2D eigenvalue weighted by Crippen LogP contribution is -2.36. The number of aliphatic hydroxyl groups is 1. The van der Waals surface area contributed by atoms with E-state index in [4.69, 9.17) is 15.9 Å². The number of terminal acetylenes is 1. The first-order valence-electron chi connectivity index (χ1n) is 11.2. The average molecular weight is 470 g/mol. The Bertz CT molecular complexity index is 1180. The predicted octanol–water partition coefficient (Wildman–Crippen LogP) is 6.47. The molecule has 4 nitrogen and oxygen atoms in total. The number of hydrogen-bond donors (Lipinski definition) is 1. The first-order valence-corrected chi connectivity index (χ1v) is 11.2. The van der Waals surface area contributed by atoms with Gasteiger partial charge < -0.3 is 14.6 Å². The zero-order chi connectivity index (χ0) is 24.5. The Hall–Kier alpha value is -3.24. The molecule has 1 N–H and O–H groups in total. The Morgan fingerprint density at radius 1 is 1.15 bits per heavy atom. The van der Waals surface area contributed by atoms with Crippen LogP contribution in [-0.2, 0) is 22.1 Å². The summed E-state index contributed by atoms with van der Waals surface area (Å²) in [4.78, 5) is 13.2. The van der Waals surface area contributed by atoms with Gasteiger partial charge in [0.2, 0.25) is 0 Å². The number of carbonyl (C=O) groups excluding carboxylic acids is 1. The van der Waals surface area contributed by atoms with Crippen LogP contribution in [0.15, 0.2) is 42.2 Å². The van der Waals surface area contributed by atoms with E-state index >= 15 is 0 Å². The zero-order valence-electron chi connectivity index (χ0n) is 18.8. The number of carbonyl (C=O) groups is 1. The van der Waals surface area contributed by atoms with Gasteiger partial charge in [0.1, 0.15) is 17.3 Å². The topological polar surface area (TPSA) is 55.8 Å². The van der Waals surface area contributed by atoms with Crippen LogP contribution in [-0.4, -0.2) is 24.1 Å². The van der Waals surface area contributed by atoms with Crippen molar-refractivity contribution in [1.29, 1.82) is 0 Å². The lowest BCUT2D eigenvalue weighted by atomic mass is 9.67. The molecule has 1 fully saturated rings. The van der Waals surface area contributed by atoms with Crippen molar-refractivity contribution < 1.29 is 32.5 Å². The summed E-state index contributed by atoms with van der Waals surface area (Å²) in [6, 6.07) is 8.21. The maximum atomic E-state index is 13.6. The van der Waals surface area contributed by atoms with E-state index in [1.165, 1.54) is 18.2 Å². The third-order valence-electron chi connectivity index (χ3n) is 6.61. The molecular formula is C27H25F3O4. The number of rotatable bonds is 4. The molecule has 0 unspecified atom stereocenters. The van der Waals surface area contributed by atoms with Crippen molar-refractivity contribution in [3.05, 3.63) is 64.4 Å². The van der Waals surface area contributed by atoms with E-state index in [1.54, 1.807) is 12.1 Å². The Kier molecular flexibility index (Phi) is 6.46. The molecule has 1 heterocycles. The number of ether oxygens (including phenoxy) is 2. The Morgan fingerprint density at radius 3 is 2.50 bits per heavy atom. The quantitative estimate of drug-likeness (QED) is 0.521. The predicted molar refractivity (Wildman–Crippen MR) is 122 cm³/mol. The first kappa shape index (κ1) is 23.9. The number of Topliss-reactive ketones (excluding diaryl/α,β-unsaturated/α-hetero) is 1.